The van der Waals surface area contributed by atoms with Crippen molar-refractivity contribution in [3.8, 4) is 17.2 Å². The van der Waals surface area contributed by atoms with E-state index in [9.17, 15) is 4.79 Å². The number of hydrogen-bond acceptors (Lipinski definition) is 5. The highest BCUT2D eigenvalue weighted by Crippen LogP contribution is 2.32. The van der Waals surface area contributed by atoms with Gasteiger partial charge in [0.15, 0.2) is 11.5 Å². The number of fused-ring (bicyclic) bond motifs is 1. The molecule has 0 bridgehead atoms. The van der Waals surface area contributed by atoms with Crippen LogP contribution in [-0.2, 0) is 6.54 Å². The molecule has 0 fully saturated rings. The third kappa shape index (κ3) is 3.37. The topological polar surface area (TPSA) is 56.8 Å². The van der Waals surface area contributed by atoms with Gasteiger partial charge in [0, 0.05) is 11.4 Å². The molecule has 1 aliphatic rings. The maximum Gasteiger partial charge on any atom is 0.255 e. The van der Waals surface area contributed by atoms with Gasteiger partial charge in [0.2, 0.25) is 6.79 Å². The first-order chi connectivity index (χ1) is 11.2. The summed E-state index contributed by atoms with van der Waals surface area (Å²) < 4.78 is 15.9. The Labute approximate surface area is 138 Å². The second kappa shape index (κ2) is 6.83. The van der Waals surface area contributed by atoms with Gasteiger partial charge in [-0.05, 0) is 42.2 Å². The van der Waals surface area contributed by atoms with Crippen LogP contribution in [0.15, 0.2) is 41.3 Å². The lowest BCUT2D eigenvalue weighted by Crippen LogP contribution is -2.23. The van der Waals surface area contributed by atoms with Crippen molar-refractivity contribution in [3.63, 3.8) is 0 Å². The molecule has 0 atom stereocenters. The summed E-state index contributed by atoms with van der Waals surface area (Å²) in [6.45, 7) is 0.646. The Balaban J connectivity index is 1.70. The fourth-order valence-electron chi connectivity index (χ4n) is 2.31. The molecule has 0 aromatic heterocycles. The average molecular weight is 331 g/mol. The van der Waals surface area contributed by atoms with Gasteiger partial charge in [-0.25, -0.2) is 0 Å². The van der Waals surface area contributed by atoms with Crippen LogP contribution >= 0.6 is 11.8 Å². The van der Waals surface area contributed by atoms with Crippen LogP contribution in [0, 0.1) is 0 Å². The van der Waals surface area contributed by atoms with Crippen LogP contribution in [0.3, 0.4) is 0 Å². The van der Waals surface area contributed by atoms with E-state index >= 15 is 0 Å². The van der Waals surface area contributed by atoms with Gasteiger partial charge in [-0.3, -0.25) is 4.79 Å². The minimum absolute atomic E-state index is 0.174. The van der Waals surface area contributed by atoms with Crippen molar-refractivity contribution < 1.29 is 19.0 Å². The quantitative estimate of drug-likeness (QED) is 0.853. The van der Waals surface area contributed by atoms with Crippen molar-refractivity contribution in [1.82, 2.24) is 5.32 Å². The zero-order chi connectivity index (χ0) is 16.2. The van der Waals surface area contributed by atoms with Gasteiger partial charge in [0.05, 0.1) is 12.7 Å². The van der Waals surface area contributed by atoms with Crippen molar-refractivity contribution in [3.05, 3.63) is 47.5 Å². The lowest BCUT2D eigenvalue weighted by Gasteiger charge is -2.11. The van der Waals surface area contributed by atoms with Crippen LogP contribution in [0.4, 0.5) is 0 Å². The second-order valence-electron chi connectivity index (χ2n) is 4.94. The summed E-state index contributed by atoms with van der Waals surface area (Å²) in [5.74, 6) is 1.83. The van der Waals surface area contributed by atoms with Crippen molar-refractivity contribution in [2.45, 2.75) is 11.4 Å². The van der Waals surface area contributed by atoms with E-state index in [-0.39, 0.29) is 12.7 Å². The summed E-state index contributed by atoms with van der Waals surface area (Å²) in [6.07, 6.45) is 1.98. The highest BCUT2D eigenvalue weighted by molar-refractivity contribution is 7.98. The number of hydrogen-bond donors (Lipinski definition) is 1. The van der Waals surface area contributed by atoms with Gasteiger partial charge in [0.1, 0.15) is 5.75 Å². The minimum atomic E-state index is -0.174. The van der Waals surface area contributed by atoms with E-state index in [1.165, 1.54) is 0 Å². The molecule has 23 heavy (non-hydrogen) atoms. The zero-order valence-electron chi connectivity index (χ0n) is 12.9. The number of methoxy groups -OCH3 is 1. The van der Waals surface area contributed by atoms with E-state index in [1.54, 1.807) is 24.9 Å². The summed E-state index contributed by atoms with van der Waals surface area (Å²) in [5.41, 5.74) is 1.47. The number of benzene rings is 2. The molecule has 120 valence electrons. The molecular formula is C17H17NO4S. The Kier molecular flexibility index (Phi) is 4.62. The van der Waals surface area contributed by atoms with Crippen molar-refractivity contribution >= 4 is 17.7 Å². The average Bonchev–Trinajstić information content (AvgIpc) is 3.06. The first-order valence-electron chi connectivity index (χ1n) is 7.10. The van der Waals surface area contributed by atoms with Gasteiger partial charge in [-0.2, -0.15) is 0 Å². The molecule has 1 aliphatic heterocycles. The molecule has 0 aliphatic carbocycles. The number of rotatable bonds is 5. The van der Waals surface area contributed by atoms with Crippen LogP contribution < -0.4 is 19.5 Å². The van der Waals surface area contributed by atoms with Gasteiger partial charge in [-0.1, -0.05) is 6.07 Å². The smallest absolute Gasteiger partial charge is 0.255 e. The summed E-state index contributed by atoms with van der Waals surface area (Å²) in [5, 5.41) is 2.90. The first kappa shape index (κ1) is 15.6. The molecular weight excluding hydrogens is 314 g/mol. The maximum atomic E-state index is 12.4. The van der Waals surface area contributed by atoms with Crippen molar-refractivity contribution in [2.75, 3.05) is 20.2 Å². The van der Waals surface area contributed by atoms with E-state index in [0.717, 1.165) is 16.2 Å². The van der Waals surface area contributed by atoms with E-state index in [4.69, 9.17) is 14.2 Å². The fraction of sp³-hybridized carbons (Fsp3) is 0.235. The van der Waals surface area contributed by atoms with E-state index in [2.05, 4.69) is 5.32 Å². The summed E-state index contributed by atoms with van der Waals surface area (Å²) in [6, 6.07) is 11.2. The minimum Gasteiger partial charge on any atom is -0.496 e. The van der Waals surface area contributed by atoms with Crippen molar-refractivity contribution in [2.24, 2.45) is 0 Å². The standard InChI is InChI=1S/C17H17NO4S/c1-20-15-8-12(23-2)4-5-13(15)17(19)18-9-11-3-6-14-16(7-11)22-10-21-14/h3-8H,9-10H2,1-2H3,(H,18,19). The highest BCUT2D eigenvalue weighted by Gasteiger charge is 2.15. The van der Waals surface area contributed by atoms with Crippen molar-refractivity contribution in [1.29, 1.82) is 0 Å². The molecule has 6 heteroatoms. The summed E-state index contributed by atoms with van der Waals surface area (Å²) in [4.78, 5) is 13.4. The van der Waals surface area contributed by atoms with Gasteiger partial charge >= 0.3 is 0 Å². The predicted octanol–water partition coefficient (Wildman–Crippen LogP) is 3.08. The number of thioether (sulfide) groups is 1. The monoisotopic (exact) mass is 331 g/mol. The Hall–Kier alpha value is -2.34. The number of carbonyl (C=O) groups excluding carboxylic acids is 1. The number of carbonyl (C=O) groups is 1. The lowest BCUT2D eigenvalue weighted by molar-refractivity contribution is 0.0947. The van der Waals surface area contributed by atoms with Crippen LogP contribution in [0.2, 0.25) is 0 Å². The zero-order valence-corrected chi connectivity index (χ0v) is 13.7. The summed E-state index contributed by atoms with van der Waals surface area (Å²) in [7, 11) is 1.56. The maximum absolute atomic E-state index is 12.4. The fourth-order valence-corrected chi connectivity index (χ4v) is 2.74. The molecule has 0 saturated carbocycles. The van der Waals surface area contributed by atoms with Gasteiger partial charge in [0.25, 0.3) is 5.91 Å². The molecule has 2 aromatic carbocycles. The van der Waals surface area contributed by atoms with E-state index in [1.807, 2.05) is 36.6 Å². The molecule has 1 amide bonds. The molecule has 2 aromatic rings. The molecule has 0 radical (unpaired) electrons. The van der Waals surface area contributed by atoms with Crippen LogP contribution in [0.5, 0.6) is 17.2 Å². The number of ether oxygens (including phenoxy) is 3. The lowest BCUT2D eigenvalue weighted by atomic mass is 10.1. The van der Waals surface area contributed by atoms with Crippen LogP contribution in [-0.4, -0.2) is 26.1 Å². The molecule has 1 N–H and O–H groups in total. The molecule has 0 unspecified atom stereocenters. The molecule has 1 heterocycles. The predicted molar refractivity (Wildman–Crippen MR) is 88.5 cm³/mol. The Bertz CT molecular complexity index is 733. The number of amides is 1. The second-order valence-corrected chi connectivity index (χ2v) is 5.82. The number of nitrogens with one attached hydrogen (secondary N) is 1. The normalized spacial score (nSPS) is 12.1. The Morgan fingerprint density at radius 3 is 2.83 bits per heavy atom. The van der Waals surface area contributed by atoms with E-state index in [0.29, 0.717) is 23.6 Å². The largest absolute Gasteiger partial charge is 0.496 e. The summed E-state index contributed by atoms with van der Waals surface area (Å²) >= 11 is 1.60. The third-order valence-electron chi connectivity index (χ3n) is 3.54. The molecule has 3 rings (SSSR count). The molecule has 5 nitrogen and oxygen atoms in total. The molecule has 0 spiro atoms. The first-order valence-corrected chi connectivity index (χ1v) is 8.32. The SMILES string of the molecule is COc1cc(SC)ccc1C(=O)NCc1ccc2c(c1)OCO2. The highest BCUT2D eigenvalue weighted by atomic mass is 32.2. The van der Waals surface area contributed by atoms with Gasteiger partial charge in [-0.15, -0.1) is 11.8 Å². The molecule has 0 saturated heterocycles. The third-order valence-corrected chi connectivity index (χ3v) is 4.27. The van der Waals surface area contributed by atoms with Crippen LogP contribution in [0.1, 0.15) is 15.9 Å². The van der Waals surface area contributed by atoms with Crippen LogP contribution in [0.25, 0.3) is 0 Å². The van der Waals surface area contributed by atoms with Gasteiger partial charge < -0.3 is 19.5 Å². The van der Waals surface area contributed by atoms with E-state index < -0.39 is 0 Å². The Morgan fingerprint density at radius 1 is 1.22 bits per heavy atom. The Morgan fingerprint density at radius 2 is 2.04 bits per heavy atom.